The SMILES string of the molecule is COc1ccc2c(c1)nc(CCCl)n2Cc1ccncc1. The van der Waals surface area contributed by atoms with Gasteiger partial charge in [0.2, 0.25) is 0 Å². The quantitative estimate of drug-likeness (QED) is 0.679. The molecule has 5 heteroatoms. The van der Waals surface area contributed by atoms with Crippen LogP contribution >= 0.6 is 11.6 Å². The normalized spacial score (nSPS) is 11.0. The number of hydrogen-bond donors (Lipinski definition) is 0. The summed E-state index contributed by atoms with van der Waals surface area (Å²) in [7, 11) is 1.66. The zero-order valence-corrected chi connectivity index (χ0v) is 12.5. The van der Waals surface area contributed by atoms with E-state index in [1.54, 1.807) is 19.5 Å². The van der Waals surface area contributed by atoms with E-state index >= 15 is 0 Å². The molecule has 0 radical (unpaired) electrons. The van der Waals surface area contributed by atoms with Gasteiger partial charge < -0.3 is 9.30 Å². The number of fused-ring (bicyclic) bond motifs is 1. The van der Waals surface area contributed by atoms with Crippen molar-refractivity contribution in [3.63, 3.8) is 0 Å². The molecule has 108 valence electrons. The van der Waals surface area contributed by atoms with Gasteiger partial charge in [-0.1, -0.05) is 0 Å². The molecule has 0 saturated carbocycles. The van der Waals surface area contributed by atoms with Crippen molar-refractivity contribution < 1.29 is 4.74 Å². The van der Waals surface area contributed by atoms with Crippen molar-refractivity contribution in [2.24, 2.45) is 0 Å². The molecule has 3 aromatic rings. The number of nitrogens with zero attached hydrogens (tertiary/aromatic N) is 3. The minimum Gasteiger partial charge on any atom is -0.497 e. The first-order valence-corrected chi connectivity index (χ1v) is 7.33. The van der Waals surface area contributed by atoms with Gasteiger partial charge in [0.15, 0.2) is 0 Å². The third-order valence-electron chi connectivity index (χ3n) is 3.44. The van der Waals surface area contributed by atoms with Crippen molar-refractivity contribution >= 4 is 22.6 Å². The summed E-state index contributed by atoms with van der Waals surface area (Å²) >= 11 is 5.91. The fourth-order valence-electron chi connectivity index (χ4n) is 2.41. The van der Waals surface area contributed by atoms with Crippen LogP contribution in [-0.4, -0.2) is 27.5 Å². The van der Waals surface area contributed by atoms with Crippen LogP contribution in [0, 0.1) is 0 Å². The molecule has 4 nitrogen and oxygen atoms in total. The van der Waals surface area contributed by atoms with E-state index < -0.39 is 0 Å². The molecule has 0 spiro atoms. The van der Waals surface area contributed by atoms with Crippen molar-refractivity contribution in [2.45, 2.75) is 13.0 Å². The summed E-state index contributed by atoms with van der Waals surface area (Å²) in [4.78, 5) is 8.75. The zero-order valence-electron chi connectivity index (χ0n) is 11.8. The Kier molecular flexibility index (Phi) is 4.06. The lowest BCUT2D eigenvalue weighted by Crippen LogP contribution is -2.06. The summed E-state index contributed by atoms with van der Waals surface area (Å²) < 4.78 is 7.47. The topological polar surface area (TPSA) is 39.9 Å². The molecule has 2 aromatic heterocycles. The molecule has 0 bridgehead atoms. The minimum absolute atomic E-state index is 0.552. The van der Waals surface area contributed by atoms with Crippen LogP contribution in [0.25, 0.3) is 11.0 Å². The Balaban J connectivity index is 2.07. The molecule has 0 aliphatic heterocycles. The van der Waals surface area contributed by atoms with E-state index in [1.807, 2.05) is 30.3 Å². The molecule has 3 rings (SSSR count). The fourth-order valence-corrected chi connectivity index (χ4v) is 2.58. The largest absolute Gasteiger partial charge is 0.497 e. The number of benzene rings is 1. The van der Waals surface area contributed by atoms with Crippen LogP contribution in [0.5, 0.6) is 5.75 Å². The number of rotatable bonds is 5. The van der Waals surface area contributed by atoms with Crippen molar-refractivity contribution in [1.82, 2.24) is 14.5 Å². The van der Waals surface area contributed by atoms with Crippen LogP contribution < -0.4 is 4.74 Å². The third-order valence-corrected chi connectivity index (χ3v) is 3.63. The van der Waals surface area contributed by atoms with Crippen LogP contribution in [0.1, 0.15) is 11.4 Å². The highest BCUT2D eigenvalue weighted by Crippen LogP contribution is 2.23. The molecule has 0 aliphatic carbocycles. The van der Waals surface area contributed by atoms with Crippen LogP contribution in [0.4, 0.5) is 0 Å². The van der Waals surface area contributed by atoms with Crippen LogP contribution in [0.2, 0.25) is 0 Å². The first kappa shape index (κ1) is 13.9. The number of methoxy groups -OCH3 is 1. The molecule has 2 heterocycles. The molecular formula is C16H16ClN3O. The summed E-state index contributed by atoms with van der Waals surface area (Å²) in [5.41, 5.74) is 3.21. The molecule has 1 aromatic carbocycles. The molecule has 0 fully saturated rings. The maximum Gasteiger partial charge on any atom is 0.121 e. The summed E-state index contributed by atoms with van der Waals surface area (Å²) in [6.07, 6.45) is 4.35. The average molecular weight is 302 g/mol. The number of hydrogen-bond acceptors (Lipinski definition) is 3. The van der Waals surface area contributed by atoms with Gasteiger partial charge in [-0.25, -0.2) is 4.98 Å². The predicted octanol–water partition coefficient (Wildman–Crippen LogP) is 3.27. The van der Waals surface area contributed by atoms with Gasteiger partial charge in [-0.15, -0.1) is 11.6 Å². The predicted molar refractivity (Wildman–Crippen MR) is 84.0 cm³/mol. The second-order valence-corrected chi connectivity index (χ2v) is 5.14. The average Bonchev–Trinajstić information content (AvgIpc) is 2.85. The van der Waals surface area contributed by atoms with E-state index in [4.69, 9.17) is 21.3 Å². The van der Waals surface area contributed by atoms with Gasteiger partial charge in [0.25, 0.3) is 0 Å². The number of aryl methyl sites for hydroxylation is 1. The zero-order chi connectivity index (χ0) is 14.7. The molecule has 0 atom stereocenters. The maximum atomic E-state index is 5.91. The summed E-state index contributed by atoms with van der Waals surface area (Å²) in [5, 5.41) is 0. The van der Waals surface area contributed by atoms with Crippen LogP contribution in [0.15, 0.2) is 42.7 Å². The van der Waals surface area contributed by atoms with Crippen molar-refractivity contribution in [3.05, 3.63) is 54.1 Å². The fraction of sp³-hybridized carbons (Fsp3) is 0.250. The van der Waals surface area contributed by atoms with Crippen LogP contribution in [-0.2, 0) is 13.0 Å². The van der Waals surface area contributed by atoms with Gasteiger partial charge in [-0.05, 0) is 29.8 Å². The Morgan fingerprint density at radius 3 is 2.71 bits per heavy atom. The van der Waals surface area contributed by atoms with E-state index in [9.17, 15) is 0 Å². The number of pyridine rings is 1. The molecule has 0 saturated heterocycles. The highest BCUT2D eigenvalue weighted by Gasteiger charge is 2.11. The lowest BCUT2D eigenvalue weighted by atomic mass is 10.2. The van der Waals surface area contributed by atoms with Crippen molar-refractivity contribution in [1.29, 1.82) is 0 Å². The molecular weight excluding hydrogens is 286 g/mol. The highest BCUT2D eigenvalue weighted by molar-refractivity contribution is 6.17. The lowest BCUT2D eigenvalue weighted by molar-refractivity contribution is 0.415. The molecule has 0 unspecified atom stereocenters. The first-order chi connectivity index (χ1) is 10.3. The first-order valence-electron chi connectivity index (χ1n) is 6.80. The van der Waals surface area contributed by atoms with E-state index in [0.29, 0.717) is 5.88 Å². The monoisotopic (exact) mass is 301 g/mol. The van der Waals surface area contributed by atoms with E-state index in [-0.39, 0.29) is 0 Å². The number of alkyl halides is 1. The summed E-state index contributed by atoms with van der Waals surface area (Å²) in [5.74, 6) is 2.36. The minimum atomic E-state index is 0.552. The molecule has 0 N–H and O–H groups in total. The smallest absolute Gasteiger partial charge is 0.121 e. The highest BCUT2D eigenvalue weighted by atomic mass is 35.5. The number of halogens is 1. The number of aromatic nitrogens is 3. The Morgan fingerprint density at radius 2 is 2.00 bits per heavy atom. The molecule has 0 aliphatic rings. The second kappa shape index (κ2) is 6.14. The van der Waals surface area contributed by atoms with Gasteiger partial charge in [0.05, 0.1) is 18.1 Å². The lowest BCUT2D eigenvalue weighted by Gasteiger charge is -2.08. The van der Waals surface area contributed by atoms with Gasteiger partial charge in [-0.3, -0.25) is 4.98 Å². The van der Waals surface area contributed by atoms with E-state index in [0.717, 1.165) is 35.6 Å². The van der Waals surface area contributed by atoms with Gasteiger partial charge in [-0.2, -0.15) is 0 Å². The molecule has 0 amide bonds. The van der Waals surface area contributed by atoms with Gasteiger partial charge in [0, 0.05) is 37.3 Å². The Bertz CT molecular complexity index is 740. The number of imidazole rings is 1. The van der Waals surface area contributed by atoms with Crippen molar-refractivity contribution in [3.8, 4) is 5.75 Å². The summed E-state index contributed by atoms with van der Waals surface area (Å²) in [6, 6.07) is 9.98. The Morgan fingerprint density at radius 1 is 1.19 bits per heavy atom. The maximum absolute atomic E-state index is 5.91. The van der Waals surface area contributed by atoms with E-state index in [1.165, 1.54) is 5.56 Å². The number of ether oxygens (including phenoxy) is 1. The molecule has 21 heavy (non-hydrogen) atoms. The van der Waals surface area contributed by atoms with Crippen LogP contribution in [0.3, 0.4) is 0 Å². The summed E-state index contributed by atoms with van der Waals surface area (Å²) in [6.45, 7) is 0.761. The van der Waals surface area contributed by atoms with Gasteiger partial charge in [0.1, 0.15) is 11.6 Å². The standard InChI is InChI=1S/C16H16ClN3O/c1-21-13-2-3-15-14(10-13)19-16(4-7-17)20(15)11-12-5-8-18-9-6-12/h2-3,5-6,8-10H,4,7,11H2,1H3. The third kappa shape index (κ3) is 2.85. The van der Waals surface area contributed by atoms with Crippen molar-refractivity contribution in [2.75, 3.05) is 13.0 Å². The Labute approximate surface area is 128 Å². The van der Waals surface area contributed by atoms with Gasteiger partial charge >= 0.3 is 0 Å². The second-order valence-electron chi connectivity index (χ2n) is 4.76. The van der Waals surface area contributed by atoms with E-state index in [2.05, 4.69) is 9.55 Å². The Hall–Kier alpha value is -2.07.